The molecular weight excluding hydrogens is 184 g/mol. The molecule has 0 fully saturated rings. The Bertz CT molecular complexity index is 341. The van der Waals surface area contributed by atoms with Gasteiger partial charge in [0.05, 0.1) is 0 Å². The van der Waals surface area contributed by atoms with Gasteiger partial charge >= 0.3 is 0 Å². The van der Waals surface area contributed by atoms with E-state index in [0.29, 0.717) is 11.8 Å². The van der Waals surface area contributed by atoms with E-state index in [1.165, 1.54) is 11.3 Å². The van der Waals surface area contributed by atoms with Crippen molar-refractivity contribution in [1.82, 2.24) is 9.97 Å². The van der Waals surface area contributed by atoms with Crippen molar-refractivity contribution in [2.75, 3.05) is 0 Å². The van der Waals surface area contributed by atoms with Crippen LogP contribution < -0.4 is 0 Å². The van der Waals surface area contributed by atoms with Gasteiger partial charge in [0.2, 0.25) is 0 Å². The van der Waals surface area contributed by atoms with Gasteiger partial charge in [0, 0.05) is 11.4 Å². The van der Waals surface area contributed by atoms with Crippen LogP contribution in [-0.2, 0) is 6.42 Å². The van der Waals surface area contributed by atoms with E-state index >= 15 is 0 Å². The minimum atomic E-state index is 0.513. The highest BCUT2D eigenvalue weighted by atomic mass is 14.9. The van der Waals surface area contributed by atoms with Gasteiger partial charge in [0.1, 0.15) is 5.82 Å². The molecule has 0 aliphatic heterocycles. The second-order valence-corrected chi connectivity index (χ2v) is 4.97. The molecule has 0 aliphatic rings. The van der Waals surface area contributed by atoms with E-state index in [9.17, 15) is 0 Å². The van der Waals surface area contributed by atoms with Crippen LogP contribution in [0.5, 0.6) is 0 Å². The molecule has 0 saturated carbocycles. The van der Waals surface area contributed by atoms with Gasteiger partial charge in [0.25, 0.3) is 0 Å². The van der Waals surface area contributed by atoms with Crippen LogP contribution in [0.2, 0.25) is 0 Å². The predicted octanol–water partition coefficient (Wildman–Crippen LogP) is 3.42. The summed E-state index contributed by atoms with van der Waals surface area (Å²) in [6.45, 7) is 13.0. The van der Waals surface area contributed by atoms with Gasteiger partial charge in [-0.1, -0.05) is 27.7 Å². The van der Waals surface area contributed by atoms with Crippen molar-refractivity contribution < 1.29 is 0 Å². The molecule has 1 rings (SSSR count). The van der Waals surface area contributed by atoms with Gasteiger partial charge in [0.15, 0.2) is 0 Å². The molecule has 0 saturated heterocycles. The number of aromatic nitrogens is 2. The summed E-state index contributed by atoms with van der Waals surface area (Å²) in [4.78, 5) is 9.04. The lowest BCUT2D eigenvalue weighted by Crippen LogP contribution is -2.09. The third-order valence-corrected chi connectivity index (χ3v) is 2.51. The lowest BCUT2D eigenvalue weighted by atomic mass is 9.95. The lowest BCUT2D eigenvalue weighted by Gasteiger charge is -2.16. The fourth-order valence-electron chi connectivity index (χ4n) is 2.09. The molecule has 0 atom stereocenters. The lowest BCUT2D eigenvalue weighted by molar-refractivity contribution is 0.618. The van der Waals surface area contributed by atoms with Gasteiger partial charge in [-0.2, -0.15) is 0 Å². The van der Waals surface area contributed by atoms with Crippen LogP contribution in [-0.4, -0.2) is 9.97 Å². The molecular formula is C13H22N2. The zero-order chi connectivity index (χ0) is 11.6. The Hall–Kier alpha value is -0.920. The van der Waals surface area contributed by atoms with Gasteiger partial charge in [-0.25, -0.2) is 9.97 Å². The van der Waals surface area contributed by atoms with Crippen LogP contribution in [0.3, 0.4) is 0 Å². The van der Waals surface area contributed by atoms with Gasteiger partial charge < -0.3 is 0 Å². The molecule has 0 unspecified atom stereocenters. The molecule has 84 valence electrons. The minimum Gasteiger partial charge on any atom is -0.238 e. The number of rotatable bonds is 3. The molecule has 0 radical (unpaired) electrons. The van der Waals surface area contributed by atoms with Crippen molar-refractivity contribution in [2.45, 2.75) is 53.9 Å². The third kappa shape index (κ3) is 3.01. The summed E-state index contributed by atoms with van der Waals surface area (Å²) >= 11 is 0. The summed E-state index contributed by atoms with van der Waals surface area (Å²) in [6, 6.07) is 0. The van der Waals surface area contributed by atoms with Crippen LogP contribution in [0, 0.1) is 19.8 Å². The average molecular weight is 206 g/mol. The molecule has 1 aromatic heterocycles. The zero-order valence-electron chi connectivity index (χ0n) is 10.8. The van der Waals surface area contributed by atoms with Crippen molar-refractivity contribution in [3.8, 4) is 0 Å². The highest BCUT2D eigenvalue weighted by molar-refractivity contribution is 5.28. The van der Waals surface area contributed by atoms with Crippen molar-refractivity contribution in [3.63, 3.8) is 0 Å². The number of aryl methyl sites for hydroxylation is 2. The Kier molecular flexibility index (Phi) is 3.83. The molecule has 1 aromatic rings. The summed E-state index contributed by atoms with van der Waals surface area (Å²) in [6.07, 6.45) is 1.05. The van der Waals surface area contributed by atoms with Crippen LogP contribution in [0.1, 0.15) is 56.4 Å². The molecule has 0 aromatic carbocycles. The first kappa shape index (κ1) is 12.2. The van der Waals surface area contributed by atoms with Crippen molar-refractivity contribution in [2.24, 2.45) is 5.92 Å². The first-order chi connectivity index (χ1) is 6.91. The number of hydrogen-bond acceptors (Lipinski definition) is 2. The smallest absolute Gasteiger partial charge is 0.125 e. The van der Waals surface area contributed by atoms with Crippen molar-refractivity contribution >= 4 is 0 Å². The van der Waals surface area contributed by atoms with E-state index in [1.54, 1.807) is 0 Å². The van der Waals surface area contributed by atoms with Crippen LogP contribution in [0.4, 0.5) is 0 Å². The monoisotopic (exact) mass is 206 g/mol. The molecule has 0 N–H and O–H groups in total. The van der Waals surface area contributed by atoms with Crippen LogP contribution >= 0.6 is 0 Å². The summed E-state index contributed by atoms with van der Waals surface area (Å²) < 4.78 is 0. The first-order valence-corrected chi connectivity index (χ1v) is 5.75. The maximum Gasteiger partial charge on any atom is 0.125 e. The summed E-state index contributed by atoms with van der Waals surface area (Å²) in [7, 11) is 0. The highest BCUT2D eigenvalue weighted by Crippen LogP contribution is 2.23. The van der Waals surface area contributed by atoms with E-state index in [4.69, 9.17) is 0 Å². The first-order valence-electron chi connectivity index (χ1n) is 5.75. The Morgan fingerprint density at radius 1 is 1.00 bits per heavy atom. The van der Waals surface area contributed by atoms with Crippen molar-refractivity contribution in [3.05, 3.63) is 22.8 Å². The normalized spacial score (nSPS) is 11.5. The Morgan fingerprint density at radius 2 is 1.60 bits per heavy atom. The summed E-state index contributed by atoms with van der Waals surface area (Å²) in [5.74, 6) is 2.06. The molecule has 2 nitrogen and oxygen atoms in total. The maximum absolute atomic E-state index is 4.58. The molecule has 1 heterocycles. The quantitative estimate of drug-likeness (QED) is 0.757. The Labute approximate surface area is 93.2 Å². The molecule has 0 amide bonds. The minimum absolute atomic E-state index is 0.513. The Balaban J connectivity index is 3.20. The fraction of sp³-hybridized carbons (Fsp3) is 0.692. The number of nitrogens with zero attached hydrogens (tertiary/aromatic N) is 2. The second kappa shape index (κ2) is 4.73. The van der Waals surface area contributed by atoms with E-state index in [-0.39, 0.29) is 0 Å². The van der Waals surface area contributed by atoms with Gasteiger partial charge in [-0.05, 0) is 37.7 Å². The molecule has 0 spiro atoms. The van der Waals surface area contributed by atoms with E-state index < -0.39 is 0 Å². The number of hydrogen-bond donors (Lipinski definition) is 0. The molecule has 2 heteroatoms. The van der Waals surface area contributed by atoms with E-state index in [1.807, 2.05) is 6.92 Å². The van der Waals surface area contributed by atoms with Crippen molar-refractivity contribution in [1.29, 1.82) is 0 Å². The third-order valence-electron chi connectivity index (χ3n) is 2.51. The van der Waals surface area contributed by atoms with E-state index in [0.717, 1.165) is 17.9 Å². The fourth-order valence-corrected chi connectivity index (χ4v) is 2.09. The van der Waals surface area contributed by atoms with Crippen LogP contribution in [0.15, 0.2) is 0 Å². The topological polar surface area (TPSA) is 25.8 Å². The summed E-state index contributed by atoms with van der Waals surface area (Å²) in [5.41, 5.74) is 3.73. The Morgan fingerprint density at radius 3 is 2.07 bits per heavy atom. The second-order valence-electron chi connectivity index (χ2n) is 4.97. The largest absolute Gasteiger partial charge is 0.238 e. The van der Waals surface area contributed by atoms with Gasteiger partial charge in [-0.15, -0.1) is 0 Å². The SMILES string of the molecule is Cc1nc(C)c(C(C)C)c(CC(C)C)n1. The van der Waals surface area contributed by atoms with Crippen LogP contribution in [0.25, 0.3) is 0 Å². The standard InChI is InChI=1S/C13H22N2/c1-8(2)7-12-13(9(3)4)10(5)14-11(6)15-12/h8-9H,7H2,1-6H3. The van der Waals surface area contributed by atoms with Gasteiger partial charge in [-0.3, -0.25) is 0 Å². The maximum atomic E-state index is 4.58. The highest BCUT2D eigenvalue weighted by Gasteiger charge is 2.14. The average Bonchev–Trinajstić information content (AvgIpc) is 1.99. The zero-order valence-corrected chi connectivity index (χ0v) is 10.8. The molecule has 0 aliphatic carbocycles. The van der Waals surface area contributed by atoms with E-state index in [2.05, 4.69) is 44.6 Å². The molecule has 0 bridgehead atoms. The molecule has 15 heavy (non-hydrogen) atoms. The predicted molar refractivity (Wildman–Crippen MR) is 64.1 cm³/mol. The summed E-state index contributed by atoms with van der Waals surface area (Å²) in [5, 5.41) is 0.